The van der Waals surface area contributed by atoms with Crippen LogP contribution in [0, 0.1) is 0 Å². The minimum atomic E-state index is -0.0380. The molecule has 0 aromatic heterocycles. The summed E-state index contributed by atoms with van der Waals surface area (Å²) in [6.07, 6.45) is 1.70. The molecule has 0 saturated heterocycles. The number of rotatable bonds is 2. The van der Waals surface area contributed by atoms with Gasteiger partial charge in [0.2, 0.25) is 0 Å². The second-order valence-electron chi connectivity index (χ2n) is 2.52. The molecule has 0 aliphatic carbocycles. The van der Waals surface area contributed by atoms with E-state index in [0.717, 1.165) is 0 Å². The first kappa shape index (κ1) is 12.1. The summed E-state index contributed by atoms with van der Waals surface area (Å²) in [4.78, 5) is 0. The van der Waals surface area contributed by atoms with Crippen LogP contribution in [0.3, 0.4) is 0 Å². The normalized spacial score (nSPS) is 11.5. The molecule has 6 heteroatoms. The molecule has 0 amide bonds. The summed E-state index contributed by atoms with van der Waals surface area (Å²) in [5.41, 5.74) is 10.9. The lowest BCUT2D eigenvalue weighted by molar-refractivity contribution is 0.144. The molecular weight excluding hydrogens is 204 g/mol. The summed E-state index contributed by atoms with van der Waals surface area (Å²) in [6, 6.07) is -0.0380. The van der Waals surface area contributed by atoms with Crippen molar-refractivity contribution < 1.29 is 0 Å². The van der Waals surface area contributed by atoms with Gasteiger partial charge in [-0.25, -0.2) is 0 Å². The Bertz CT molecular complexity index is 229. The number of nitrogens with two attached hydrogens (primary N) is 2. The van der Waals surface area contributed by atoms with Gasteiger partial charge >= 0.3 is 0 Å². The van der Waals surface area contributed by atoms with Crippen molar-refractivity contribution in [1.82, 2.24) is 10.0 Å². The van der Waals surface area contributed by atoms with Gasteiger partial charge in [0.05, 0.1) is 6.04 Å². The maximum atomic E-state index is 5.50. The van der Waals surface area contributed by atoms with E-state index in [9.17, 15) is 0 Å². The number of hydrogen-bond acceptors (Lipinski definition) is 2. The van der Waals surface area contributed by atoms with E-state index in [1.807, 2.05) is 6.92 Å². The van der Waals surface area contributed by atoms with Gasteiger partial charge in [0.15, 0.2) is 10.2 Å². The van der Waals surface area contributed by atoms with Crippen molar-refractivity contribution in [3.63, 3.8) is 0 Å². The molecule has 1 unspecified atom stereocenters. The van der Waals surface area contributed by atoms with Crippen molar-refractivity contribution in [1.29, 1.82) is 0 Å². The molecule has 4 N–H and O–H groups in total. The van der Waals surface area contributed by atoms with Crippen LogP contribution in [0.1, 0.15) is 6.92 Å². The van der Waals surface area contributed by atoms with Gasteiger partial charge in [0, 0.05) is 7.05 Å². The van der Waals surface area contributed by atoms with Crippen molar-refractivity contribution in [3.8, 4) is 0 Å². The van der Waals surface area contributed by atoms with E-state index in [2.05, 4.69) is 6.58 Å². The third kappa shape index (κ3) is 3.16. The average Bonchev–Trinajstić information content (AvgIpc) is 2.03. The predicted molar refractivity (Wildman–Crippen MR) is 62.8 cm³/mol. The van der Waals surface area contributed by atoms with E-state index < -0.39 is 0 Å². The van der Waals surface area contributed by atoms with E-state index in [4.69, 9.17) is 35.9 Å². The molecule has 0 radical (unpaired) electrons. The Morgan fingerprint density at radius 3 is 2.08 bits per heavy atom. The molecule has 13 heavy (non-hydrogen) atoms. The Kier molecular flexibility index (Phi) is 4.64. The van der Waals surface area contributed by atoms with Gasteiger partial charge in [-0.1, -0.05) is 6.08 Å². The van der Waals surface area contributed by atoms with E-state index in [-0.39, 0.29) is 16.3 Å². The fraction of sp³-hybridized carbons (Fsp3) is 0.429. The van der Waals surface area contributed by atoms with Crippen molar-refractivity contribution in [2.45, 2.75) is 13.0 Å². The molecule has 0 bridgehead atoms. The average molecular weight is 218 g/mol. The van der Waals surface area contributed by atoms with Crippen LogP contribution in [0.25, 0.3) is 0 Å². The van der Waals surface area contributed by atoms with Gasteiger partial charge in [-0.05, 0) is 31.4 Å². The van der Waals surface area contributed by atoms with Crippen LogP contribution in [0.5, 0.6) is 0 Å². The molecule has 1 atom stereocenters. The molecule has 0 aromatic carbocycles. The molecule has 0 aliphatic heterocycles. The first-order chi connectivity index (χ1) is 5.91. The van der Waals surface area contributed by atoms with E-state index >= 15 is 0 Å². The molecule has 0 spiro atoms. The van der Waals surface area contributed by atoms with Crippen LogP contribution in [0.15, 0.2) is 12.7 Å². The lowest BCUT2D eigenvalue weighted by atomic mass is 10.3. The summed E-state index contributed by atoms with van der Waals surface area (Å²) < 4.78 is 0. The summed E-state index contributed by atoms with van der Waals surface area (Å²) in [6.45, 7) is 5.53. The number of thiocarbonyl (C=S) groups is 2. The molecule has 0 aliphatic rings. The van der Waals surface area contributed by atoms with Gasteiger partial charge in [0.1, 0.15) is 0 Å². The molecule has 0 saturated carbocycles. The molecule has 0 heterocycles. The summed E-state index contributed by atoms with van der Waals surface area (Å²) >= 11 is 9.65. The summed E-state index contributed by atoms with van der Waals surface area (Å²) in [5, 5.41) is 3.53. The maximum absolute atomic E-state index is 5.50. The largest absolute Gasteiger partial charge is 0.375 e. The standard InChI is InChI=1S/C7H14N4S2/c1-4-5(2)11(7(9)13)10(3)6(8)12/h4-5H,1H2,2-3H3,(H2,8,12)(H2,9,13). The molecule has 0 aromatic rings. The first-order valence-corrected chi connectivity index (χ1v) is 4.47. The maximum Gasteiger partial charge on any atom is 0.185 e. The van der Waals surface area contributed by atoms with Crippen LogP contribution in [0.4, 0.5) is 0 Å². The number of hydrogen-bond donors (Lipinski definition) is 2. The zero-order valence-electron chi connectivity index (χ0n) is 7.73. The predicted octanol–water partition coefficient (Wildman–Crippen LogP) is 0.197. The molecule has 74 valence electrons. The van der Waals surface area contributed by atoms with Crippen LogP contribution in [-0.4, -0.2) is 33.3 Å². The van der Waals surface area contributed by atoms with E-state index in [0.29, 0.717) is 0 Å². The third-order valence-electron chi connectivity index (χ3n) is 1.59. The number of hydrazine groups is 1. The fourth-order valence-electron chi connectivity index (χ4n) is 0.828. The Balaban J connectivity index is 4.69. The topological polar surface area (TPSA) is 58.5 Å². The minimum absolute atomic E-state index is 0.0380. The van der Waals surface area contributed by atoms with Crippen molar-refractivity contribution in [2.75, 3.05) is 7.05 Å². The first-order valence-electron chi connectivity index (χ1n) is 3.66. The second kappa shape index (κ2) is 4.98. The lowest BCUT2D eigenvalue weighted by Gasteiger charge is -2.35. The Morgan fingerprint density at radius 2 is 1.85 bits per heavy atom. The van der Waals surface area contributed by atoms with Crippen LogP contribution >= 0.6 is 24.4 Å². The zero-order valence-corrected chi connectivity index (χ0v) is 9.36. The lowest BCUT2D eigenvalue weighted by Crippen LogP contribution is -2.54. The zero-order chi connectivity index (χ0) is 10.6. The minimum Gasteiger partial charge on any atom is -0.375 e. The quantitative estimate of drug-likeness (QED) is 0.392. The highest BCUT2D eigenvalue weighted by Crippen LogP contribution is 2.03. The highest BCUT2D eigenvalue weighted by atomic mass is 32.1. The second-order valence-corrected chi connectivity index (χ2v) is 3.36. The monoisotopic (exact) mass is 218 g/mol. The van der Waals surface area contributed by atoms with Crippen molar-refractivity contribution in [2.24, 2.45) is 11.5 Å². The Morgan fingerprint density at radius 1 is 1.38 bits per heavy atom. The van der Waals surface area contributed by atoms with Gasteiger partial charge in [-0.2, -0.15) is 0 Å². The summed E-state index contributed by atoms with van der Waals surface area (Å²) in [5.74, 6) is 0. The highest BCUT2D eigenvalue weighted by Gasteiger charge is 2.17. The smallest absolute Gasteiger partial charge is 0.185 e. The Labute approximate surface area is 89.1 Å². The molecule has 0 fully saturated rings. The van der Waals surface area contributed by atoms with Gasteiger partial charge in [-0.15, -0.1) is 6.58 Å². The summed E-state index contributed by atoms with van der Waals surface area (Å²) in [7, 11) is 1.70. The molecule has 4 nitrogen and oxygen atoms in total. The van der Waals surface area contributed by atoms with Crippen molar-refractivity contribution in [3.05, 3.63) is 12.7 Å². The van der Waals surface area contributed by atoms with Gasteiger partial charge in [-0.3, -0.25) is 10.0 Å². The molecule has 0 rings (SSSR count). The van der Waals surface area contributed by atoms with Crippen LogP contribution < -0.4 is 11.5 Å². The van der Waals surface area contributed by atoms with E-state index in [1.165, 1.54) is 5.01 Å². The SMILES string of the molecule is C=CC(C)N(C(N)=S)N(C)C(N)=S. The van der Waals surface area contributed by atoms with Crippen molar-refractivity contribution >= 4 is 34.7 Å². The van der Waals surface area contributed by atoms with Crippen LogP contribution in [0.2, 0.25) is 0 Å². The van der Waals surface area contributed by atoms with Gasteiger partial charge in [0.25, 0.3) is 0 Å². The van der Waals surface area contributed by atoms with Gasteiger partial charge < -0.3 is 11.5 Å². The third-order valence-corrected chi connectivity index (χ3v) is 2.05. The molecular formula is C7H14N4S2. The fourth-order valence-corrected chi connectivity index (χ4v) is 1.20. The van der Waals surface area contributed by atoms with E-state index in [1.54, 1.807) is 18.1 Å². The van der Waals surface area contributed by atoms with Crippen LogP contribution in [-0.2, 0) is 0 Å². The highest BCUT2D eigenvalue weighted by molar-refractivity contribution is 7.80. The number of nitrogens with zero attached hydrogens (tertiary/aromatic N) is 2. The Hall–Kier alpha value is -0.880.